The van der Waals surface area contributed by atoms with Gasteiger partial charge in [-0.1, -0.05) is 12.1 Å². The molecule has 0 aliphatic heterocycles. The Bertz CT molecular complexity index is 1450. The molecule has 0 fully saturated rings. The van der Waals surface area contributed by atoms with Crippen molar-refractivity contribution in [1.29, 1.82) is 0 Å². The number of carbonyl (C=O) groups is 2. The quantitative estimate of drug-likeness (QED) is 0.191. The first-order valence-corrected chi connectivity index (χ1v) is 12.5. The minimum absolute atomic E-state index is 0.0795. The van der Waals surface area contributed by atoms with Crippen LogP contribution in [0.1, 0.15) is 48.0 Å². The first kappa shape index (κ1) is 26.8. The second-order valence-corrected chi connectivity index (χ2v) is 9.46. The van der Waals surface area contributed by atoms with Crippen LogP contribution in [0.2, 0.25) is 0 Å². The van der Waals surface area contributed by atoms with Crippen molar-refractivity contribution in [2.45, 2.75) is 39.8 Å². The summed E-state index contributed by atoms with van der Waals surface area (Å²) < 4.78 is 23.9. The van der Waals surface area contributed by atoms with Crippen LogP contribution in [-0.2, 0) is 16.1 Å². The maximum atomic E-state index is 13.7. The van der Waals surface area contributed by atoms with E-state index in [0.717, 1.165) is 27.9 Å². The number of methoxy groups -OCH3 is 2. The third kappa shape index (κ3) is 5.37. The fourth-order valence-electron chi connectivity index (χ4n) is 4.45. The number of ether oxygens (including phenoxy) is 4. The van der Waals surface area contributed by atoms with E-state index in [9.17, 15) is 9.59 Å². The number of hydrogen-bond donors (Lipinski definition) is 0. The third-order valence-corrected chi connectivity index (χ3v) is 6.52. The lowest BCUT2D eigenvalue weighted by Crippen LogP contribution is -2.39. The van der Waals surface area contributed by atoms with Crippen LogP contribution in [0.3, 0.4) is 0 Å². The zero-order valence-electron chi connectivity index (χ0n) is 22.7. The van der Waals surface area contributed by atoms with Crippen LogP contribution in [0.25, 0.3) is 10.9 Å². The fourth-order valence-corrected chi connectivity index (χ4v) is 4.45. The summed E-state index contributed by atoms with van der Waals surface area (Å²) in [6.45, 7) is 7.86. The number of ketones is 1. The normalized spacial score (nSPS) is 11.3. The Morgan fingerprint density at radius 1 is 0.842 bits per heavy atom. The average molecular weight is 516 g/mol. The molecule has 0 radical (unpaired) electrons. The van der Waals surface area contributed by atoms with Crippen molar-refractivity contribution in [3.05, 3.63) is 89.1 Å². The van der Waals surface area contributed by atoms with E-state index in [-0.39, 0.29) is 12.4 Å². The van der Waals surface area contributed by atoms with Crippen LogP contribution >= 0.6 is 0 Å². The summed E-state index contributed by atoms with van der Waals surface area (Å²) in [6.07, 6.45) is 0. The maximum absolute atomic E-state index is 13.7. The van der Waals surface area contributed by atoms with E-state index in [1.54, 1.807) is 65.3 Å². The largest absolute Gasteiger partial charge is 0.497 e. The molecule has 0 bridgehead atoms. The highest BCUT2D eigenvalue weighted by Crippen LogP contribution is 2.33. The molecule has 0 spiro atoms. The van der Waals surface area contributed by atoms with E-state index in [4.69, 9.17) is 18.9 Å². The predicted molar refractivity (Wildman–Crippen MR) is 147 cm³/mol. The number of carbonyl (C=O) groups excluding carboxylic acids is 2. The molecule has 3 aromatic carbocycles. The van der Waals surface area contributed by atoms with Gasteiger partial charge in [0.2, 0.25) is 0 Å². The van der Waals surface area contributed by atoms with Gasteiger partial charge in [0.1, 0.15) is 17.2 Å². The molecule has 7 nitrogen and oxygen atoms in total. The standard InChI is InChI=1S/C31H33NO6/c1-7-37-30(34)31(3,4)38-25-16-17-26-27(18-25)32(19-21-8-12-23(35-5)13-9-21)20(2)28(26)29(33)22-10-14-24(36-6)15-11-22/h8-18H,7,19H2,1-6H3. The van der Waals surface area contributed by atoms with Gasteiger partial charge in [-0.15, -0.1) is 0 Å². The predicted octanol–water partition coefficient (Wildman–Crippen LogP) is 5.97. The van der Waals surface area contributed by atoms with Gasteiger partial charge in [0.05, 0.1) is 31.9 Å². The summed E-state index contributed by atoms with van der Waals surface area (Å²) in [6, 6.07) is 20.5. The molecular formula is C31H33NO6. The molecule has 0 N–H and O–H groups in total. The van der Waals surface area contributed by atoms with Gasteiger partial charge in [-0.05, 0) is 81.8 Å². The van der Waals surface area contributed by atoms with Gasteiger partial charge in [0.15, 0.2) is 11.4 Å². The highest BCUT2D eigenvalue weighted by atomic mass is 16.6. The van der Waals surface area contributed by atoms with E-state index >= 15 is 0 Å². The van der Waals surface area contributed by atoms with Crippen molar-refractivity contribution >= 4 is 22.7 Å². The molecule has 0 saturated carbocycles. The Hall–Kier alpha value is -4.26. The number of benzene rings is 3. The van der Waals surface area contributed by atoms with Gasteiger partial charge in [0, 0.05) is 29.3 Å². The fraction of sp³-hybridized carbons (Fsp3) is 0.290. The number of nitrogens with zero attached hydrogens (tertiary/aromatic N) is 1. The van der Waals surface area contributed by atoms with Crippen molar-refractivity contribution in [3.63, 3.8) is 0 Å². The zero-order valence-corrected chi connectivity index (χ0v) is 22.7. The van der Waals surface area contributed by atoms with E-state index in [1.165, 1.54) is 0 Å². The summed E-state index contributed by atoms with van der Waals surface area (Å²) in [4.78, 5) is 26.2. The Labute approximate surface area is 222 Å². The first-order chi connectivity index (χ1) is 18.2. The Kier molecular flexibility index (Phi) is 7.76. The van der Waals surface area contributed by atoms with E-state index in [1.807, 2.05) is 43.3 Å². The molecule has 0 atom stereocenters. The van der Waals surface area contributed by atoms with Crippen LogP contribution in [0.5, 0.6) is 17.2 Å². The molecule has 1 heterocycles. The molecule has 38 heavy (non-hydrogen) atoms. The molecule has 0 unspecified atom stereocenters. The van der Waals surface area contributed by atoms with Gasteiger partial charge in [-0.2, -0.15) is 0 Å². The SMILES string of the molecule is CCOC(=O)C(C)(C)Oc1ccc2c(C(=O)c3ccc(OC)cc3)c(C)n(Cc3ccc(OC)cc3)c2c1. The number of fused-ring (bicyclic) bond motifs is 1. The lowest BCUT2D eigenvalue weighted by Gasteiger charge is -2.24. The summed E-state index contributed by atoms with van der Waals surface area (Å²) >= 11 is 0. The van der Waals surface area contributed by atoms with Crippen molar-refractivity contribution in [2.75, 3.05) is 20.8 Å². The topological polar surface area (TPSA) is 76.0 Å². The Morgan fingerprint density at radius 2 is 1.42 bits per heavy atom. The summed E-state index contributed by atoms with van der Waals surface area (Å²) in [5, 5.41) is 0.804. The van der Waals surface area contributed by atoms with Crippen molar-refractivity contribution in [2.24, 2.45) is 0 Å². The third-order valence-electron chi connectivity index (χ3n) is 6.52. The molecule has 4 rings (SSSR count). The van der Waals surface area contributed by atoms with Crippen LogP contribution in [0.15, 0.2) is 66.7 Å². The monoisotopic (exact) mass is 515 g/mol. The highest BCUT2D eigenvalue weighted by Gasteiger charge is 2.32. The number of aromatic nitrogens is 1. The second kappa shape index (κ2) is 11.0. The molecular weight excluding hydrogens is 482 g/mol. The van der Waals surface area contributed by atoms with Crippen LogP contribution in [0.4, 0.5) is 0 Å². The van der Waals surface area contributed by atoms with Crippen molar-refractivity contribution < 1.29 is 28.5 Å². The van der Waals surface area contributed by atoms with Crippen molar-refractivity contribution in [1.82, 2.24) is 4.57 Å². The number of rotatable bonds is 10. The minimum Gasteiger partial charge on any atom is -0.497 e. The highest BCUT2D eigenvalue weighted by molar-refractivity contribution is 6.17. The van der Waals surface area contributed by atoms with E-state index < -0.39 is 11.6 Å². The molecule has 0 saturated heterocycles. The molecule has 0 amide bonds. The van der Waals surface area contributed by atoms with Gasteiger partial charge in [-0.25, -0.2) is 4.79 Å². The van der Waals surface area contributed by atoms with E-state index in [2.05, 4.69) is 4.57 Å². The summed E-state index contributed by atoms with van der Waals surface area (Å²) in [5.74, 6) is 1.44. The van der Waals surface area contributed by atoms with E-state index in [0.29, 0.717) is 29.2 Å². The Balaban J connectivity index is 1.81. The lowest BCUT2D eigenvalue weighted by molar-refractivity contribution is -0.158. The number of esters is 1. The summed E-state index contributed by atoms with van der Waals surface area (Å²) in [7, 11) is 3.23. The van der Waals surface area contributed by atoms with Crippen LogP contribution in [0, 0.1) is 6.92 Å². The molecule has 4 aromatic rings. The van der Waals surface area contributed by atoms with Gasteiger partial charge in [0.25, 0.3) is 0 Å². The smallest absolute Gasteiger partial charge is 0.349 e. The minimum atomic E-state index is -1.17. The molecule has 198 valence electrons. The van der Waals surface area contributed by atoms with Crippen LogP contribution < -0.4 is 14.2 Å². The Morgan fingerprint density at radius 3 is 2.00 bits per heavy atom. The lowest BCUT2D eigenvalue weighted by atomic mass is 10.0. The summed E-state index contributed by atoms with van der Waals surface area (Å²) in [5.41, 5.74) is 2.72. The molecule has 7 heteroatoms. The first-order valence-electron chi connectivity index (χ1n) is 12.5. The van der Waals surface area contributed by atoms with Gasteiger partial charge in [-0.3, -0.25) is 4.79 Å². The zero-order chi connectivity index (χ0) is 27.4. The average Bonchev–Trinajstić information content (AvgIpc) is 3.19. The molecule has 0 aliphatic carbocycles. The number of hydrogen-bond acceptors (Lipinski definition) is 6. The van der Waals surface area contributed by atoms with Crippen LogP contribution in [-0.4, -0.2) is 42.7 Å². The molecule has 1 aromatic heterocycles. The molecule has 0 aliphatic rings. The van der Waals surface area contributed by atoms with Gasteiger partial charge >= 0.3 is 5.97 Å². The van der Waals surface area contributed by atoms with Crippen molar-refractivity contribution in [3.8, 4) is 17.2 Å². The second-order valence-electron chi connectivity index (χ2n) is 9.46. The van der Waals surface area contributed by atoms with Gasteiger partial charge < -0.3 is 23.5 Å². The maximum Gasteiger partial charge on any atom is 0.349 e.